The van der Waals surface area contributed by atoms with Crippen LogP contribution in [-0.4, -0.2) is 65.7 Å². The molecule has 2 aromatic rings. The fraction of sp³-hybridized carbons (Fsp3) is 0.476. The number of carbonyl (C=O) groups is 2. The summed E-state index contributed by atoms with van der Waals surface area (Å²) in [4.78, 5) is 28.9. The van der Waals surface area contributed by atoms with Crippen LogP contribution in [0.25, 0.3) is 0 Å². The van der Waals surface area contributed by atoms with Gasteiger partial charge in [0.15, 0.2) is 5.79 Å². The molecule has 2 heterocycles. The molecule has 1 aliphatic heterocycles. The van der Waals surface area contributed by atoms with Crippen molar-refractivity contribution < 1.29 is 23.8 Å². The third-order valence-corrected chi connectivity index (χ3v) is 4.73. The Labute approximate surface area is 175 Å². The van der Waals surface area contributed by atoms with Gasteiger partial charge in [-0.2, -0.15) is 0 Å². The molecule has 0 aliphatic carbocycles. The van der Waals surface area contributed by atoms with Crippen LogP contribution in [0, 0.1) is 0 Å². The third kappa shape index (κ3) is 5.88. The molecule has 2 amide bonds. The van der Waals surface area contributed by atoms with Crippen LogP contribution in [0.5, 0.6) is 0 Å². The lowest BCUT2D eigenvalue weighted by atomic mass is 10.1. The van der Waals surface area contributed by atoms with E-state index in [2.05, 4.69) is 15.6 Å². The fourth-order valence-corrected chi connectivity index (χ4v) is 3.18. The van der Waals surface area contributed by atoms with Gasteiger partial charge in [-0.15, -0.1) is 0 Å². The first kappa shape index (κ1) is 21.9. The Balaban J connectivity index is 1.66. The van der Waals surface area contributed by atoms with Crippen molar-refractivity contribution >= 4 is 11.8 Å². The van der Waals surface area contributed by atoms with Gasteiger partial charge in [-0.1, -0.05) is 18.2 Å². The van der Waals surface area contributed by atoms with Crippen LogP contribution < -0.4 is 10.6 Å². The lowest BCUT2D eigenvalue weighted by Crippen LogP contribution is -2.52. The highest BCUT2D eigenvalue weighted by Crippen LogP contribution is 2.20. The fourth-order valence-electron chi connectivity index (χ4n) is 3.18. The molecule has 2 N–H and O–H groups in total. The summed E-state index contributed by atoms with van der Waals surface area (Å²) in [5.41, 5.74) is 1.00. The summed E-state index contributed by atoms with van der Waals surface area (Å²) in [5, 5.41) is 5.74. The normalized spacial score (nSPS) is 21.3. The summed E-state index contributed by atoms with van der Waals surface area (Å²) in [5.74, 6) is -1.32. The zero-order chi connectivity index (χ0) is 21.6. The predicted octanol–water partition coefficient (Wildman–Crippen LogP) is 1.12. The number of aromatic nitrogens is 2. The minimum Gasteiger partial charge on any atom is -0.371 e. The molecule has 9 nitrogen and oxygen atoms in total. The number of aryl methyl sites for hydroxylation is 1. The van der Waals surface area contributed by atoms with Crippen LogP contribution in [0.3, 0.4) is 0 Å². The van der Waals surface area contributed by atoms with Crippen molar-refractivity contribution in [3.8, 4) is 0 Å². The standard InChI is InChI=1S/C21H28N4O5/c1-21(2)29-10-9-28-17(12-24-20(27)16-11-22-14-25(16)3)18(30-21)13-23-19(26)15-7-5-4-6-8-15/h4-8,11,14,17-18H,9-10,12-13H2,1-3H3,(H,23,26)(H,24,27)/t17-,18+/m1/s1. The smallest absolute Gasteiger partial charge is 0.269 e. The molecule has 9 heteroatoms. The molecular weight excluding hydrogens is 388 g/mol. The maximum absolute atomic E-state index is 12.5. The average molecular weight is 416 g/mol. The van der Waals surface area contributed by atoms with Gasteiger partial charge in [-0.25, -0.2) is 4.98 Å². The number of nitrogens with one attached hydrogen (secondary N) is 2. The van der Waals surface area contributed by atoms with Gasteiger partial charge in [-0.05, 0) is 26.0 Å². The summed E-state index contributed by atoms with van der Waals surface area (Å²) in [6.07, 6.45) is 2.06. The van der Waals surface area contributed by atoms with E-state index in [1.165, 1.54) is 6.20 Å². The van der Waals surface area contributed by atoms with E-state index in [1.807, 2.05) is 19.9 Å². The van der Waals surface area contributed by atoms with Crippen LogP contribution >= 0.6 is 0 Å². The number of hydrogen-bond acceptors (Lipinski definition) is 6. The topological polar surface area (TPSA) is 104 Å². The van der Waals surface area contributed by atoms with Crippen LogP contribution in [0.4, 0.5) is 0 Å². The number of nitrogens with zero attached hydrogens (tertiary/aromatic N) is 2. The van der Waals surface area contributed by atoms with Gasteiger partial charge >= 0.3 is 0 Å². The first-order valence-electron chi connectivity index (χ1n) is 9.87. The molecule has 1 aromatic carbocycles. The Hall–Kier alpha value is -2.75. The number of ether oxygens (including phenoxy) is 3. The Kier molecular flexibility index (Phi) is 7.20. The van der Waals surface area contributed by atoms with Gasteiger partial charge in [0.25, 0.3) is 11.8 Å². The lowest BCUT2D eigenvalue weighted by molar-refractivity contribution is -0.277. The van der Waals surface area contributed by atoms with Crippen molar-refractivity contribution in [2.75, 3.05) is 26.3 Å². The molecule has 0 unspecified atom stereocenters. The summed E-state index contributed by atoms with van der Waals surface area (Å²) in [6, 6.07) is 8.94. The second-order valence-corrected chi connectivity index (χ2v) is 7.49. The first-order valence-corrected chi connectivity index (χ1v) is 9.87. The molecular formula is C21H28N4O5. The Morgan fingerprint density at radius 3 is 2.50 bits per heavy atom. The SMILES string of the molecule is Cn1cncc1C(=O)NC[C@H]1OCCOC(C)(C)O[C@H]1CNC(=O)c1ccccc1. The number of benzene rings is 1. The Morgan fingerprint density at radius 1 is 1.10 bits per heavy atom. The molecule has 162 valence electrons. The summed E-state index contributed by atoms with van der Waals surface area (Å²) < 4.78 is 19.3. The lowest BCUT2D eigenvalue weighted by Gasteiger charge is -2.37. The second-order valence-electron chi connectivity index (χ2n) is 7.49. The van der Waals surface area contributed by atoms with Crippen LogP contribution in [0.15, 0.2) is 42.9 Å². The molecule has 2 atom stereocenters. The highest BCUT2D eigenvalue weighted by molar-refractivity contribution is 5.94. The van der Waals surface area contributed by atoms with Crippen molar-refractivity contribution in [1.29, 1.82) is 0 Å². The number of imidazole rings is 1. The van der Waals surface area contributed by atoms with Crippen molar-refractivity contribution in [3.05, 3.63) is 54.1 Å². The average Bonchev–Trinajstić information content (AvgIpc) is 3.15. The van der Waals surface area contributed by atoms with E-state index in [1.54, 1.807) is 42.2 Å². The maximum Gasteiger partial charge on any atom is 0.269 e. The Morgan fingerprint density at radius 2 is 1.80 bits per heavy atom. The minimum atomic E-state index is -0.851. The van der Waals surface area contributed by atoms with E-state index in [4.69, 9.17) is 14.2 Å². The van der Waals surface area contributed by atoms with E-state index in [0.29, 0.717) is 24.5 Å². The molecule has 0 radical (unpaired) electrons. The van der Waals surface area contributed by atoms with Gasteiger partial charge in [0.05, 0.1) is 25.7 Å². The van der Waals surface area contributed by atoms with Crippen molar-refractivity contribution in [3.63, 3.8) is 0 Å². The summed E-state index contributed by atoms with van der Waals surface area (Å²) >= 11 is 0. The molecule has 0 saturated carbocycles. The Bertz CT molecular complexity index is 852. The second kappa shape index (κ2) is 9.84. The molecule has 0 bridgehead atoms. The van der Waals surface area contributed by atoms with Crippen molar-refractivity contribution in [2.45, 2.75) is 31.8 Å². The van der Waals surface area contributed by atoms with Crippen LogP contribution in [-0.2, 0) is 21.3 Å². The minimum absolute atomic E-state index is 0.201. The first-order chi connectivity index (χ1) is 14.4. The van der Waals surface area contributed by atoms with Gasteiger partial charge in [0.1, 0.15) is 17.9 Å². The van der Waals surface area contributed by atoms with E-state index >= 15 is 0 Å². The van der Waals surface area contributed by atoms with E-state index in [-0.39, 0.29) is 24.9 Å². The molecule has 1 fully saturated rings. The van der Waals surface area contributed by atoms with E-state index in [0.717, 1.165) is 0 Å². The predicted molar refractivity (Wildman–Crippen MR) is 109 cm³/mol. The van der Waals surface area contributed by atoms with Gasteiger partial charge < -0.3 is 29.4 Å². The molecule has 1 aliphatic rings. The number of rotatable bonds is 6. The number of amides is 2. The zero-order valence-corrected chi connectivity index (χ0v) is 17.5. The third-order valence-electron chi connectivity index (χ3n) is 4.73. The molecule has 30 heavy (non-hydrogen) atoms. The van der Waals surface area contributed by atoms with Crippen molar-refractivity contribution in [2.24, 2.45) is 7.05 Å². The highest BCUT2D eigenvalue weighted by atomic mass is 16.7. The summed E-state index contributed by atoms with van der Waals surface area (Å²) in [6.45, 7) is 4.76. The molecule has 0 spiro atoms. The van der Waals surface area contributed by atoms with Crippen LogP contribution in [0.1, 0.15) is 34.7 Å². The quantitative estimate of drug-likeness (QED) is 0.731. The largest absolute Gasteiger partial charge is 0.371 e. The molecule has 3 rings (SSSR count). The number of hydrogen-bond donors (Lipinski definition) is 2. The zero-order valence-electron chi connectivity index (χ0n) is 17.5. The monoisotopic (exact) mass is 416 g/mol. The highest BCUT2D eigenvalue weighted by Gasteiger charge is 2.33. The van der Waals surface area contributed by atoms with Gasteiger partial charge in [0, 0.05) is 25.7 Å². The summed E-state index contributed by atoms with van der Waals surface area (Å²) in [7, 11) is 1.75. The maximum atomic E-state index is 12.5. The van der Waals surface area contributed by atoms with E-state index < -0.39 is 18.0 Å². The number of carbonyl (C=O) groups excluding carboxylic acids is 2. The van der Waals surface area contributed by atoms with E-state index in [9.17, 15) is 9.59 Å². The van der Waals surface area contributed by atoms with Gasteiger partial charge in [0.2, 0.25) is 0 Å². The van der Waals surface area contributed by atoms with Gasteiger partial charge in [-0.3, -0.25) is 9.59 Å². The molecule has 1 aromatic heterocycles. The van der Waals surface area contributed by atoms with Crippen LogP contribution in [0.2, 0.25) is 0 Å². The molecule has 1 saturated heterocycles. The van der Waals surface area contributed by atoms with Crippen molar-refractivity contribution in [1.82, 2.24) is 20.2 Å².